The molecular formula is C20H14F5N5. The van der Waals surface area contributed by atoms with E-state index >= 15 is 0 Å². The molecule has 2 heterocycles. The van der Waals surface area contributed by atoms with E-state index in [1.807, 2.05) is 0 Å². The summed E-state index contributed by atoms with van der Waals surface area (Å²) in [6, 6.07) is 8.65. The van der Waals surface area contributed by atoms with Crippen molar-refractivity contribution in [2.75, 3.05) is 11.9 Å². The van der Waals surface area contributed by atoms with E-state index in [1.54, 1.807) is 6.07 Å². The molecule has 0 saturated carbocycles. The van der Waals surface area contributed by atoms with Crippen LogP contribution in [0.1, 0.15) is 23.5 Å². The van der Waals surface area contributed by atoms with Gasteiger partial charge in [0, 0.05) is 23.9 Å². The molecule has 5 nitrogen and oxygen atoms in total. The molecular weight excluding hydrogens is 405 g/mol. The van der Waals surface area contributed by atoms with Crippen LogP contribution >= 0.6 is 0 Å². The lowest BCUT2D eigenvalue weighted by Crippen LogP contribution is -2.08. The van der Waals surface area contributed by atoms with E-state index in [1.165, 1.54) is 18.2 Å². The molecule has 0 atom stereocenters. The quantitative estimate of drug-likeness (QED) is 0.461. The van der Waals surface area contributed by atoms with E-state index in [9.17, 15) is 22.0 Å². The molecule has 0 aliphatic rings. The van der Waals surface area contributed by atoms with Crippen molar-refractivity contribution < 1.29 is 22.0 Å². The smallest absolute Gasteiger partial charge is 0.368 e. The maximum absolute atomic E-state index is 13.6. The number of aromatic nitrogens is 3. The van der Waals surface area contributed by atoms with E-state index in [0.717, 1.165) is 18.3 Å². The zero-order chi connectivity index (χ0) is 21.7. The topological polar surface area (TPSA) is 74.5 Å². The number of rotatable bonds is 6. The Hall–Kier alpha value is -3.61. The molecule has 1 aromatic carbocycles. The molecule has 30 heavy (non-hydrogen) atoms. The summed E-state index contributed by atoms with van der Waals surface area (Å²) in [4.78, 5) is 11.7. The van der Waals surface area contributed by atoms with Gasteiger partial charge in [0.1, 0.15) is 11.9 Å². The van der Waals surface area contributed by atoms with Crippen LogP contribution in [-0.4, -0.2) is 21.5 Å². The molecule has 0 aliphatic carbocycles. The van der Waals surface area contributed by atoms with Crippen molar-refractivity contribution >= 4 is 5.82 Å². The van der Waals surface area contributed by atoms with Gasteiger partial charge in [0.15, 0.2) is 11.6 Å². The standard InChI is InChI=1S/C20H14F5N5/c21-14-8-16(22)19(28-11-14)27-6-2-5-15-9-17(30-18(10-26)29-15)12-3-1-4-13(7-12)20(23,24)25/h1,3-4,7-9,11H,2,5-6H2,(H,27,28). The van der Waals surface area contributed by atoms with Crippen molar-refractivity contribution in [1.82, 2.24) is 15.0 Å². The third kappa shape index (κ3) is 5.26. The predicted octanol–water partition coefficient (Wildman–Crippen LogP) is 4.75. The van der Waals surface area contributed by atoms with E-state index in [0.29, 0.717) is 24.6 Å². The number of halogens is 5. The largest absolute Gasteiger partial charge is 0.416 e. The summed E-state index contributed by atoms with van der Waals surface area (Å²) >= 11 is 0. The molecule has 0 unspecified atom stereocenters. The summed E-state index contributed by atoms with van der Waals surface area (Å²) in [5.41, 5.74) is 0.0301. The molecule has 0 aliphatic heterocycles. The maximum Gasteiger partial charge on any atom is 0.416 e. The molecule has 154 valence electrons. The highest BCUT2D eigenvalue weighted by molar-refractivity contribution is 5.61. The molecule has 0 spiro atoms. The number of nitrogens with zero attached hydrogens (tertiary/aromatic N) is 4. The van der Waals surface area contributed by atoms with Gasteiger partial charge in [0.05, 0.1) is 17.5 Å². The lowest BCUT2D eigenvalue weighted by molar-refractivity contribution is -0.137. The van der Waals surface area contributed by atoms with Gasteiger partial charge in [-0.05, 0) is 31.0 Å². The van der Waals surface area contributed by atoms with Gasteiger partial charge in [-0.25, -0.2) is 23.7 Å². The van der Waals surface area contributed by atoms with E-state index in [4.69, 9.17) is 5.26 Å². The highest BCUT2D eigenvalue weighted by atomic mass is 19.4. The second kappa shape index (κ2) is 8.82. The minimum absolute atomic E-state index is 0.0959. The number of hydrogen-bond donors (Lipinski definition) is 1. The maximum atomic E-state index is 13.6. The number of benzene rings is 1. The minimum atomic E-state index is -4.50. The molecule has 0 amide bonds. The lowest BCUT2D eigenvalue weighted by atomic mass is 10.1. The Morgan fingerprint density at radius 3 is 2.57 bits per heavy atom. The number of hydrogen-bond acceptors (Lipinski definition) is 5. The summed E-state index contributed by atoms with van der Waals surface area (Å²) in [6.07, 6.45) is -2.82. The zero-order valence-corrected chi connectivity index (χ0v) is 15.3. The van der Waals surface area contributed by atoms with E-state index in [-0.39, 0.29) is 29.4 Å². The molecule has 2 aromatic heterocycles. The number of aryl methyl sites for hydroxylation is 1. The SMILES string of the molecule is N#Cc1nc(CCCNc2ncc(F)cc2F)cc(-c2cccc(C(F)(F)F)c2)n1. The van der Waals surface area contributed by atoms with Crippen LogP contribution in [0.5, 0.6) is 0 Å². The van der Waals surface area contributed by atoms with Crippen LogP contribution in [0.4, 0.5) is 27.8 Å². The highest BCUT2D eigenvalue weighted by Crippen LogP contribution is 2.31. The Morgan fingerprint density at radius 1 is 1.07 bits per heavy atom. The number of alkyl halides is 3. The van der Waals surface area contributed by atoms with Gasteiger partial charge in [-0.15, -0.1) is 0 Å². The number of nitriles is 1. The average molecular weight is 419 g/mol. The van der Waals surface area contributed by atoms with Crippen LogP contribution in [-0.2, 0) is 12.6 Å². The van der Waals surface area contributed by atoms with Gasteiger partial charge in [0.2, 0.25) is 5.82 Å². The normalized spacial score (nSPS) is 11.2. The predicted molar refractivity (Wildman–Crippen MR) is 98.1 cm³/mol. The van der Waals surface area contributed by atoms with Crippen molar-refractivity contribution in [2.45, 2.75) is 19.0 Å². The molecule has 3 aromatic rings. The highest BCUT2D eigenvalue weighted by Gasteiger charge is 2.30. The van der Waals surface area contributed by atoms with Gasteiger partial charge in [-0.1, -0.05) is 12.1 Å². The van der Waals surface area contributed by atoms with Crippen LogP contribution in [0.25, 0.3) is 11.3 Å². The Bertz CT molecular complexity index is 1090. The Labute approximate surface area is 168 Å². The van der Waals surface area contributed by atoms with Crippen LogP contribution in [0.2, 0.25) is 0 Å². The first kappa shape index (κ1) is 21.1. The first-order valence-corrected chi connectivity index (χ1v) is 8.77. The number of pyridine rings is 1. The van der Waals surface area contributed by atoms with Gasteiger partial charge in [-0.2, -0.15) is 18.4 Å². The van der Waals surface area contributed by atoms with E-state index < -0.39 is 23.4 Å². The summed E-state index contributed by atoms with van der Waals surface area (Å²) in [5, 5.41) is 11.9. The van der Waals surface area contributed by atoms with Crippen LogP contribution in [0, 0.1) is 23.0 Å². The first-order chi connectivity index (χ1) is 14.3. The van der Waals surface area contributed by atoms with Crippen molar-refractivity contribution in [2.24, 2.45) is 0 Å². The van der Waals surface area contributed by atoms with Crippen molar-refractivity contribution in [1.29, 1.82) is 5.26 Å². The number of anilines is 1. The minimum Gasteiger partial charge on any atom is -0.368 e. The fourth-order valence-corrected chi connectivity index (χ4v) is 2.70. The molecule has 0 fully saturated rings. The van der Waals surface area contributed by atoms with Crippen molar-refractivity contribution in [3.05, 3.63) is 71.3 Å². The molecule has 10 heteroatoms. The summed E-state index contributed by atoms with van der Waals surface area (Å²) < 4.78 is 65.3. The van der Waals surface area contributed by atoms with Crippen molar-refractivity contribution in [3.8, 4) is 17.3 Å². The Morgan fingerprint density at radius 2 is 1.87 bits per heavy atom. The second-order valence-corrected chi connectivity index (χ2v) is 6.27. The summed E-state index contributed by atoms with van der Waals surface area (Å²) in [6.45, 7) is 0.278. The van der Waals surface area contributed by atoms with Crippen molar-refractivity contribution in [3.63, 3.8) is 0 Å². The van der Waals surface area contributed by atoms with Crippen LogP contribution < -0.4 is 5.32 Å². The fourth-order valence-electron chi connectivity index (χ4n) is 2.70. The van der Waals surface area contributed by atoms with E-state index in [2.05, 4.69) is 20.3 Å². The zero-order valence-electron chi connectivity index (χ0n) is 15.3. The monoisotopic (exact) mass is 419 g/mol. The molecule has 0 saturated heterocycles. The average Bonchev–Trinajstić information content (AvgIpc) is 2.71. The molecule has 0 radical (unpaired) electrons. The number of nitrogens with one attached hydrogen (secondary N) is 1. The van der Waals surface area contributed by atoms with Crippen LogP contribution in [0.15, 0.2) is 42.6 Å². The van der Waals surface area contributed by atoms with Gasteiger partial charge >= 0.3 is 6.18 Å². The van der Waals surface area contributed by atoms with Crippen LogP contribution in [0.3, 0.4) is 0 Å². The summed E-state index contributed by atoms with van der Waals surface area (Å²) in [5.74, 6) is -1.87. The third-order valence-corrected chi connectivity index (χ3v) is 4.07. The Balaban J connectivity index is 1.73. The second-order valence-electron chi connectivity index (χ2n) is 6.27. The first-order valence-electron chi connectivity index (χ1n) is 8.77. The summed E-state index contributed by atoms with van der Waals surface area (Å²) in [7, 11) is 0. The van der Waals surface area contributed by atoms with Gasteiger partial charge in [0.25, 0.3) is 0 Å². The molecule has 3 rings (SSSR count). The van der Waals surface area contributed by atoms with Gasteiger partial charge < -0.3 is 5.32 Å². The third-order valence-electron chi connectivity index (χ3n) is 4.07. The Kier molecular flexibility index (Phi) is 6.20. The van der Waals surface area contributed by atoms with Gasteiger partial charge in [-0.3, -0.25) is 0 Å². The fraction of sp³-hybridized carbons (Fsp3) is 0.200. The lowest BCUT2D eigenvalue weighted by Gasteiger charge is -2.10. The molecule has 0 bridgehead atoms. The molecule has 1 N–H and O–H groups in total.